The zero-order chi connectivity index (χ0) is 34.0. The first-order chi connectivity index (χ1) is 22.1. The molecule has 0 spiro atoms. The van der Waals surface area contributed by atoms with Gasteiger partial charge in [-0.2, -0.15) is 0 Å². The van der Waals surface area contributed by atoms with Crippen LogP contribution < -0.4 is 14.4 Å². The average Bonchev–Trinajstić information content (AvgIpc) is 3.00. The highest BCUT2D eigenvalue weighted by Gasteiger charge is 2.40. The van der Waals surface area contributed by atoms with E-state index in [-0.39, 0.29) is 29.5 Å². The van der Waals surface area contributed by atoms with Crippen molar-refractivity contribution in [1.82, 2.24) is 4.72 Å². The summed E-state index contributed by atoms with van der Waals surface area (Å²) < 4.78 is 42.7. The lowest BCUT2D eigenvalue weighted by Crippen LogP contribution is -2.46. The van der Waals surface area contributed by atoms with Crippen molar-refractivity contribution in [1.29, 1.82) is 0 Å². The third kappa shape index (κ3) is 8.62. The van der Waals surface area contributed by atoms with E-state index in [0.717, 1.165) is 56.4 Å². The first-order valence-corrected chi connectivity index (χ1v) is 21.8. The van der Waals surface area contributed by atoms with E-state index in [1.54, 1.807) is 18.2 Å². The molecule has 3 aliphatic rings. The highest BCUT2D eigenvalue weighted by atomic mass is 35.5. The second kappa shape index (κ2) is 14.6. The zero-order valence-electron chi connectivity index (χ0n) is 28.4. The number of carbonyl (C=O) groups excluding carboxylic acids is 1. The molecular weight excluding hydrogens is 652 g/mol. The van der Waals surface area contributed by atoms with Crippen LogP contribution in [-0.2, 0) is 27.5 Å². The van der Waals surface area contributed by atoms with E-state index in [0.29, 0.717) is 29.7 Å². The van der Waals surface area contributed by atoms with Gasteiger partial charge in [0.25, 0.3) is 5.91 Å². The number of nitrogens with zero attached hydrogens (tertiary/aromatic N) is 1. The molecule has 2 N–H and O–H groups in total. The summed E-state index contributed by atoms with van der Waals surface area (Å²) in [6.45, 7) is 12.3. The van der Waals surface area contributed by atoms with E-state index in [1.807, 2.05) is 30.4 Å². The lowest BCUT2D eigenvalue weighted by molar-refractivity contribution is 0.0180. The predicted octanol–water partition coefficient (Wildman–Crippen LogP) is 7.25. The molecule has 4 atom stereocenters. The molecule has 1 fully saturated rings. The molecule has 47 heavy (non-hydrogen) atoms. The van der Waals surface area contributed by atoms with Crippen LogP contribution >= 0.6 is 11.6 Å². The summed E-state index contributed by atoms with van der Waals surface area (Å²) in [5.41, 5.74) is 3.25. The van der Waals surface area contributed by atoms with Gasteiger partial charge < -0.3 is 19.2 Å². The van der Waals surface area contributed by atoms with E-state index in [9.17, 15) is 18.3 Å². The summed E-state index contributed by atoms with van der Waals surface area (Å²) in [5.74, 6) is 0.402. The second-order valence-electron chi connectivity index (χ2n) is 15.0. The number of nitrogens with one attached hydrogen (secondary N) is 1. The molecule has 2 aromatic carbocycles. The Morgan fingerprint density at radius 1 is 1.06 bits per heavy atom. The molecule has 1 saturated carbocycles. The van der Waals surface area contributed by atoms with Gasteiger partial charge in [-0.1, -0.05) is 50.6 Å². The Kier molecular flexibility index (Phi) is 11.2. The number of halogens is 1. The number of aliphatic hydroxyl groups is 1. The Morgan fingerprint density at radius 2 is 1.83 bits per heavy atom. The fourth-order valence-electron chi connectivity index (χ4n) is 6.42. The van der Waals surface area contributed by atoms with Gasteiger partial charge in [0.05, 0.1) is 18.4 Å². The molecule has 2 heterocycles. The molecular formula is C36H51ClN2O6SSi. The number of aryl methyl sites for hydroxylation is 1. The number of aliphatic hydroxyl groups excluding tert-OH is 1. The highest BCUT2D eigenvalue weighted by molar-refractivity contribution is 7.90. The minimum Gasteiger partial charge on any atom is -0.487 e. The van der Waals surface area contributed by atoms with E-state index in [2.05, 4.69) is 43.5 Å². The Bertz CT molecular complexity index is 1570. The molecule has 0 saturated heterocycles. The van der Waals surface area contributed by atoms with E-state index < -0.39 is 35.6 Å². The molecule has 0 aromatic heterocycles. The summed E-state index contributed by atoms with van der Waals surface area (Å²) in [6, 6.07) is 11.1. The third-order valence-corrected chi connectivity index (χ3v) is 17.1. The minimum atomic E-state index is -4.11. The molecule has 8 nitrogen and oxygen atoms in total. The van der Waals surface area contributed by atoms with Gasteiger partial charge in [-0.25, -0.2) is 13.1 Å². The largest absolute Gasteiger partial charge is 0.487 e. The van der Waals surface area contributed by atoms with Gasteiger partial charge in [-0.05, 0) is 116 Å². The normalized spacial score (nSPS) is 26.4. The number of ether oxygens (including phenoxy) is 1. The van der Waals surface area contributed by atoms with E-state index in [1.165, 1.54) is 5.56 Å². The zero-order valence-corrected chi connectivity index (χ0v) is 31.0. The maximum Gasteiger partial charge on any atom is 0.264 e. The van der Waals surface area contributed by atoms with E-state index >= 15 is 0 Å². The average molecular weight is 703 g/mol. The number of rotatable bonds is 3. The third-order valence-electron chi connectivity index (χ3n) is 10.7. The molecule has 2 aliphatic heterocycles. The van der Waals surface area contributed by atoms with Gasteiger partial charge in [0.1, 0.15) is 17.6 Å². The summed E-state index contributed by atoms with van der Waals surface area (Å²) in [5, 5.41) is 10.9. The fourth-order valence-corrected chi connectivity index (χ4v) is 8.94. The molecule has 2 bridgehead atoms. The van der Waals surface area contributed by atoms with Crippen LogP contribution in [0.3, 0.4) is 0 Å². The second-order valence-corrected chi connectivity index (χ2v) is 22.2. The number of hydrogen-bond acceptors (Lipinski definition) is 7. The summed E-state index contributed by atoms with van der Waals surface area (Å²) in [7, 11) is -6.37. The maximum absolute atomic E-state index is 13.8. The highest BCUT2D eigenvalue weighted by Crippen LogP contribution is 2.41. The lowest BCUT2D eigenvalue weighted by Gasteiger charge is -2.43. The number of fused-ring (bicyclic) bond motifs is 3. The number of amides is 1. The van der Waals surface area contributed by atoms with Gasteiger partial charge in [0.2, 0.25) is 10.0 Å². The molecule has 1 amide bonds. The summed E-state index contributed by atoms with van der Waals surface area (Å²) in [6.07, 6.45) is 8.54. The Balaban J connectivity index is 1.50. The summed E-state index contributed by atoms with van der Waals surface area (Å²) >= 11 is 6.33. The van der Waals surface area contributed by atoms with Crippen molar-refractivity contribution in [3.8, 4) is 5.75 Å². The van der Waals surface area contributed by atoms with Gasteiger partial charge in [0.15, 0.2) is 8.32 Å². The van der Waals surface area contributed by atoms with Crippen molar-refractivity contribution in [2.24, 2.45) is 11.8 Å². The van der Waals surface area contributed by atoms with Gasteiger partial charge in [0, 0.05) is 23.7 Å². The lowest BCUT2D eigenvalue weighted by atomic mass is 9.69. The molecule has 258 valence electrons. The Morgan fingerprint density at radius 3 is 2.55 bits per heavy atom. The summed E-state index contributed by atoms with van der Waals surface area (Å²) in [4.78, 5) is 15.9. The van der Waals surface area contributed by atoms with Crippen LogP contribution in [0, 0.1) is 11.8 Å². The number of anilines is 1. The topological polar surface area (TPSA) is 105 Å². The van der Waals surface area contributed by atoms with Crippen LogP contribution in [0.1, 0.15) is 80.8 Å². The monoisotopic (exact) mass is 702 g/mol. The van der Waals surface area contributed by atoms with Gasteiger partial charge in [-0.3, -0.25) is 4.79 Å². The Labute approximate surface area is 287 Å². The number of allylic oxidation sites excluding steroid dienone is 1. The standard InChI is InChI=1S/C36H51ClN2O6SSi/c1-36(2,3)47(4,5)45-24-30-11-6-7-12-33(40)31-17-14-27(31)22-39-19-9-8-10-25-20-29(37)16-13-28(25)23-44-34-18-15-26(21-32(34)39)35(41)38-46(30,42)43/h6-7,13,15-16,18,20-21,27,30-31,33,40H,8-12,14,17,19,22-24H2,1-5H3,(H,38,41)/b7-6+/t27-,30+,31+,33-/m0/s1. The van der Waals surface area contributed by atoms with Crippen molar-refractivity contribution >= 4 is 41.5 Å². The quantitative estimate of drug-likeness (QED) is 0.257. The van der Waals surface area contributed by atoms with Crippen LogP contribution in [0.25, 0.3) is 0 Å². The molecule has 11 heteroatoms. The number of benzene rings is 2. The van der Waals surface area contributed by atoms with E-state index in [4.69, 9.17) is 20.8 Å². The SMILES string of the molecule is CC(C)(C)[Si](C)(C)OC[C@H]1C/C=C/C[C@H](O)[C@@H]2CC[C@H]2CN2CCCCc3cc(Cl)ccc3COc3ccc(cc32)C(=O)NS1(=O)=O. The predicted molar refractivity (Wildman–Crippen MR) is 191 cm³/mol. The van der Waals surface area contributed by atoms with Crippen molar-refractivity contribution in [2.75, 3.05) is 24.6 Å². The number of sulfonamides is 1. The van der Waals surface area contributed by atoms with Crippen LogP contribution in [-0.4, -0.2) is 58.8 Å². The number of hydrogen-bond donors (Lipinski definition) is 2. The van der Waals surface area contributed by atoms with Crippen molar-refractivity contribution in [2.45, 2.75) is 102 Å². The molecule has 0 radical (unpaired) electrons. The smallest absolute Gasteiger partial charge is 0.264 e. The van der Waals surface area contributed by atoms with Crippen molar-refractivity contribution in [3.63, 3.8) is 0 Å². The fraction of sp³-hybridized carbons (Fsp3) is 0.583. The van der Waals surface area contributed by atoms with Crippen LogP contribution in [0.15, 0.2) is 48.6 Å². The molecule has 5 rings (SSSR count). The Hall–Kier alpha value is -2.37. The van der Waals surface area contributed by atoms with Crippen LogP contribution in [0.4, 0.5) is 5.69 Å². The number of carbonyl (C=O) groups is 1. The van der Waals surface area contributed by atoms with Crippen LogP contribution in [0.2, 0.25) is 23.2 Å². The van der Waals surface area contributed by atoms with Gasteiger partial charge >= 0.3 is 0 Å². The maximum atomic E-state index is 13.8. The van der Waals surface area contributed by atoms with Gasteiger partial charge in [-0.15, -0.1) is 0 Å². The molecule has 0 unspecified atom stereocenters. The minimum absolute atomic E-state index is 0.0187. The molecule has 2 aromatic rings. The van der Waals surface area contributed by atoms with Crippen molar-refractivity contribution < 1.29 is 27.5 Å². The molecule has 1 aliphatic carbocycles. The van der Waals surface area contributed by atoms with Crippen LogP contribution in [0.5, 0.6) is 5.75 Å². The first-order valence-electron chi connectivity index (χ1n) is 17.0. The van der Waals surface area contributed by atoms with Crippen molar-refractivity contribution in [3.05, 3.63) is 70.3 Å². The first kappa shape index (κ1) is 35.9.